The molecule has 2 aromatic carbocycles. The highest BCUT2D eigenvalue weighted by Crippen LogP contribution is 2.37. The van der Waals surface area contributed by atoms with Crippen molar-refractivity contribution in [3.8, 4) is 0 Å². The predicted molar refractivity (Wildman–Crippen MR) is 88.5 cm³/mol. The maximum Gasteiger partial charge on any atom is 0.0762 e. The minimum atomic E-state index is -0.493. The Morgan fingerprint density at radius 2 is 1.90 bits per heavy atom. The van der Waals surface area contributed by atoms with Gasteiger partial charge in [-0.2, -0.15) is 0 Å². The second-order valence-corrected chi connectivity index (χ2v) is 6.03. The van der Waals surface area contributed by atoms with Crippen LogP contribution in [0.15, 0.2) is 42.5 Å². The molecule has 21 heavy (non-hydrogen) atoms. The molecule has 1 N–H and O–H groups in total. The fourth-order valence-corrected chi connectivity index (χ4v) is 3.23. The number of aliphatic hydroxyl groups is 1. The summed E-state index contributed by atoms with van der Waals surface area (Å²) < 4.78 is 0. The lowest BCUT2D eigenvalue weighted by Crippen LogP contribution is -2.18. The van der Waals surface area contributed by atoms with Crippen molar-refractivity contribution in [3.05, 3.63) is 58.6 Å². The first-order valence-electron chi connectivity index (χ1n) is 7.50. The molecule has 0 fully saturated rings. The molecule has 0 aromatic heterocycles. The third kappa shape index (κ3) is 2.92. The Morgan fingerprint density at radius 3 is 2.67 bits per heavy atom. The van der Waals surface area contributed by atoms with Crippen molar-refractivity contribution in [2.24, 2.45) is 0 Å². The summed E-state index contributed by atoms with van der Waals surface area (Å²) in [5, 5.41) is 10.4. The first-order valence-corrected chi connectivity index (χ1v) is 7.87. The molecule has 0 aliphatic carbocycles. The molecular formula is C18H20ClNO. The van der Waals surface area contributed by atoms with Crippen LogP contribution in [0.3, 0.4) is 0 Å². The first-order chi connectivity index (χ1) is 10.2. The number of benzene rings is 2. The number of rotatable bonds is 2. The van der Waals surface area contributed by atoms with Crippen molar-refractivity contribution < 1.29 is 5.11 Å². The molecule has 2 aromatic rings. The van der Waals surface area contributed by atoms with E-state index in [1.807, 2.05) is 18.2 Å². The van der Waals surface area contributed by atoms with E-state index >= 15 is 0 Å². The van der Waals surface area contributed by atoms with E-state index in [2.05, 4.69) is 29.2 Å². The summed E-state index contributed by atoms with van der Waals surface area (Å²) in [6.07, 6.45) is 2.99. The van der Waals surface area contributed by atoms with Crippen LogP contribution in [-0.2, 0) is 6.42 Å². The van der Waals surface area contributed by atoms with Crippen LogP contribution >= 0.6 is 11.6 Å². The van der Waals surface area contributed by atoms with Gasteiger partial charge in [-0.3, -0.25) is 0 Å². The Morgan fingerprint density at radius 1 is 1.10 bits per heavy atom. The number of hydrogen-bond donors (Lipinski definition) is 1. The van der Waals surface area contributed by atoms with E-state index < -0.39 is 6.10 Å². The number of aliphatic hydroxyl groups excluding tert-OH is 1. The Bertz CT molecular complexity index is 639. The van der Waals surface area contributed by atoms with Crippen molar-refractivity contribution in [2.75, 3.05) is 11.4 Å². The van der Waals surface area contributed by atoms with E-state index in [1.54, 1.807) is 6.92 Å². The van der Waals surface area contributed by atoms with E-state index in [0.29, 0.717) is 5.02 Å². The summed E-state index contributed by atoms with van der Waals surface area (Å²) >= 11 is 6.47. The summed E-state index contributed by atoms with van der Waals surface area (Å²) in [7, 11) is 0. The normalized spacial score (nSPS) is 16.2. The van der Waals surface area contributed by atoms with E-state index in [1.165, 1.54) is 17.7 Å². The number of halogens is 1. The molecule has 0 saturated heterocycles. The van der Waals surface area contributed by atoms with Gasteiger partial charge in [0.05, 0.1) is 16.8 Å². The molecule has 0 spiro atoms. The second kappa shape index (κ2) is 6.08. The molecule has 2 nitrogen and oxygen atoms in total. The second-order valence-electron chi connectivity index (χ2n) is 5.62. The summed E-state index contributed by atoms with van der Waals surface area (Å²) in [5.41, 5.74) is 4.51. The molecule has 0 amide bonds. The van der Waals surface area contributed by atoms with Crippen LogP contribution in [0, 0.1) is 0 Å². The fraction of sp³-hybridized carbons (Fsp3) is 0.333. The van der Waals surface area contributed by atoms with Crippen LogP contribution in [0.5, 0.6) is 0 Å². The van der Waals surface area contributed by atoms with Gasteiger partial charge in [-0.1, -0.05) is 35.9 Å². The largest absolute Gasteiger partial charge is 0.389 e. The number of nitrogens with zero attached hydrogens (tertiary/aromatic N) is 1. The van der Waals surface area contributed by atoms with Crippen molar-refractivity contribution >= 4 is 23.0 Å². The third-order valence-electron chi connectivity index (χ3n) is 4.11. The third-order valence-corrected chi connectivity index (χ3v) is 4.41. The molecule has 0 radical (unpaired) electrons. The molecule has 0 bridgehead atoms. The summed E-state index contributed by atoms with van der Waals surface area (Å²) in [6.45, 7) is 2.73. The Labute approximate surface area is 131 Å². The molecule has 1 aliphatic heterocycles. The maximum absolute atomic E-state index is 9.68. The Kier molecular flexibility index (Phi) is 4.18. The minimum Gasteiger partial charge on any atom is -0.389 e. The number of aryl methyl sites for hydroxylation is 1. The summed E-state index contributed by atoms with van der Waals surface area (Å²) in [6, 6.07) is 14.4. The number of fused-ring (bicyclic) bond motifs is 1. The van der Waals surface area contributed by atoms with Crippen LogP contribution in [0.25, 0.3) is 0 Å². The Hall–Kier alpha value is -1.51. The standard InChI is InChI=1S/C18H20ClNO/c1-13(21)15-9-10-18(16(19)12-15)20-11-5-4-7-14-6-2-3-8-17(14)20/h2-3,6,8-10,12-13,21H,4-5,7,11H2,1H3/t13-/m0/s1. The lowest BCUT2D eigenvalue weighted by Gasteiger charge is -2.26. The Balaban J connectivity index is 2.04. The highest BCUT2D eigenvalue weighted by atomic mass is 35.5. The predicted octanol–water partition coefficient (Wildman–Crippen LogP) is 4.87. The van der Waals surface area contributed by atoms with E-state index in [4.69, 9.17) is 11.6 Å². The molecule has 1 aliphatic rings. The average Bonchev–Trinajstić information content (AvgIpc) is 2.69. The minimum absolute atomic E-state index is 0.493. The number of anilines is 2. The quantitative estimate of drug-likeness (QED) is 0.855. The topological polar surface area (TPSA) is 23.5 Å². The lowest BCUT2D eigenvalue weighted by molar-refractivity contribution is 0.199. The van der Waals surface area contributed by atoms with Gasteiger partial charge in [-0.25, -0.2) is 0 Å². The maximum atomic E-state index is 9.68. The van der Waals surface area contributed by atoms with E-state index in [0.717, 1.165) is 30.6 Å². The molecule has 3 rings (SSSR count). The van der Waals surface area contributed by atoms with Crippen molar-refractivity contribution in [1.29, 1.82) is 0 Å². The number of hydrogen-bond acceptors (Lipinski definition) is 2. The zero-order chi connectivity index (χ0) is 14.8. The van der Waals surface area contributed by atoms with E-state index in [9.17, 15) is 5.11 Å². The zero-order valence-electron chi connectivity index (χ0n) is 12.2. The number of para-hydroxylation sites is 1. The van der Waals surface area contributed by atoms with Crippen LogP contribution < -0.4 is 4.90 Å². The van der Waals surface area contributed by atoms with Gasteiger partial charge in [0.1, 0.15) is 0 Å². The zero-order valence-corrected chi connectivity index (χ0v) is 13.0. The van der Waals surface area contributed by atoms with Gasteiger partial charge in [0.15, 0.2) is 0 Å². The summed E-state index contributed by atoms with van der Waals surface area (Å²) in [4.78, 5) is 2.30. The monoisotopic (exact) mass is 301 g/mol. The molecule has 110 valence electrons. The summed E-state index contributed by atoms with van der Waals surface area (Å²) in [5.74, 6) is 0. The molecule has 0 saturated carbocycles. The van der Waals surface area contributed by atoms with Gasteiger partial charge in [-0.05, 0) is 55.5 Å². The first kappa shape index (κ1) is 14.4. The van der Waals surface area contributed by atoms with Crippen LogP contribution in [0.4, 0.5) is 11.4 Å². The van der Waals surface area contributed by atoms with Crippen molar-refractivity contribution in [2.45, 2.75) is 32.3 Å². The van der Waals surface area contributed by atoms with E-state index in [-0.39, 0.29) is 0 Å². The highest BCUT2D eigenvalue weighted by Gasteiger charge is 2.18. The smallest absolute Gasteiger partial charge is 0.0762 e. The van der Waals surface area contributed by atoms with Gasteiger partial charge in [0, 0.05) is 12.2 Å². The molecule has 3 heteroatoms. The van der Waals surface area contributed by atoms with Crippen LogP contribution in [-0.4, -0.2) is 11.7 Å². The van der Waals surface area contributed by atoms with Crippen molar-refractivity contribution in [3.63, 3.8) is 0 Å². The lowest BCUT2D eigenvalue weighted by atomic mass is 10.1. The average molecular weight is 302 g/mol. The van der Waals surface area contributed by atoms with Gasteiger partial charge >= 0.3 is 0 Å². The van der Waals surface area contributed by atoms with Gasteiger partial charge < -0.3 is 10.0 Å². The molecular weight excluding hydrogens is 282 g/mol. The van der Waals surface area contributed by atoms with Gasteiger partial charge in [0.25, 0.3) is 0 Å². The SMILES string of the molecule is C[C@H](O)c1ccc(N2CCCCc3ccccc32)c(Cl)c1. The van der Waals surface area contributed by atoms with Crippen LogP contribution in [0.2, 0.25) is 5.02 Å². The molecule has 1 heterocycles. The molecule has 0 unspecified atom stereocenters. The highest BCUT2D eigenvalue weighted by molar-refractivity contribution is 6.33. The molecule has 1 atom stereocenters. The fourth-order valence-electron chi connectivity index (χ4n) is 2.94. The van der Waals surface area contributed by atoms with Gasteiger partial charge in [0.2, 0.25) is 0 Å². The van der Waals surface area contributed by atoms with Gasteiger partial charge in [-0.15, -0.1) is 0 Å². The van der Waals surface area contributed by atoms with Crippen molar-refractivity contribution in [1.82, 2.24) is 0 Å². The van der Waals surface area contributed by atoms with Crippen LogP contribution in [0.1, 0.15) is 37.0 Å².